The lowest BCUT2D eigenvalue weighted by atomic mass is 9.80. The third-order valence-electron chi connectivity index (χ3n) is 5.53. The van der Waals surface area contributed by atoms with Gasteiger partial charge in [0.05, 0.1) is 18.8 Å². The summed E-state index contributed by atoms with van der Waals surface area (Å²) >= 11 is 0. The second-order valence-electron chi connectivity index (χ2n) is 6.96. The average molecular weight is 349 g/mol. The zero-order valence-corrected chi connectivity index (χ0v) is 16.2. The van der Waals surface area contributed by atoms with Crippen LogP contribution in [0, 0.1) is 5.92 Å². The van der Waals surface area contributed by atoms with Crippen molar-refractivity contribution < 1.29 is 9.13 Å². The molecule has 0 spiro atoms. The lowest BCUT2D eigenvalue weighted by Crippen LogP contribution is -2.48. The van der Waals surface area contributed by atoms with E-state index in [0.29, 0.717) is 29.6 Å². The smallest absolute Gasteiger partial charge is 0.165 e. The summed E-state index contributed by atoms with van der Waals surface area (Å²) in [6.45, 7) is 6.42. The molecular formula is C20H32FN3O. The topological polar surface area (TPSA) is 50.5 Å². The van der Waals surface area contributed by atoms with E-state index >= 15 is 4.39 Å². The molecule has 0 aromatic carbocycles. The molecule has 25 heavy (non-hydrogen) atoms. The molecule has 0 aromatic heterocycles. The Hall–Kier alpha value is -1.91. The molecule has 2 aliphatic rings. The lowest BCUT2D eigenvalue weighted by molar-refractivity contribution is 0.264. The monoisotopic (exact) mass is 349 g/mol. The molecule has 140 valence electrons. The Labute approximate surface area is 151 Å². The Balaban J connectivity index is 2.38. The van der Waals surface area contributed by atoms with E-state index in [-0.39, 0.29) is 11.9 Å². The van der Waals surface area contributed by atoms with Crippen LogP contribution in [0.5, 0.6) is 0 Å². The third kappa shape index (κ3) is 4.20. The van der Waals surface area contributed by atoms with Gasteiger partial charge in [-0.1, -0.05) is 31.1 Å². The van der Waals surface area contributed by atoms with Gasteiger partial charge in [0.2, 0.25) is 0 Å². The highest BCUT2D eigenvalue weighted by molar-refractivity contribution is 5.38. The fourth-order valence-corrected chi connectivity index (χ4v) is 3.43. The number of methoxy groups -OCH3 is 1. The summed E-state index contributed by atoms with van der Waals surface area (Å²) in [6.07, 6.45) is 8.56. The van der Waals surface area contributed by atoms with Crippen LogP contribution >= 0.6 is 0 Å². The predicted octanol–water partition coefficient (Wildman–Crippen LogP) is 3.95. The Morgan fingerprint density at radius 2 is 2.04 bits per heavy atom. The third-order valence-corrected chi connectivity index (χ3v) is 5.53. The summed E-state index contributed by atoms with van der Waals surface area (Å²) < 4.78 is 20.2. The number of nitrogens with two attached hydrogens (primary N) is 1. The molecule has 2 rings (SSSR count). The summed E-state index contributed by atoms with van der Waals surface area (Å²) in [5.41, 5.74) is 9.02. The highest BCUT2D eigenvalue weighted by atomic mass is 19.1. The van der Waals surface area contributed by atoms with Crippen molar-refractivity contribution in [3.05, 3.63) is 46.4 Å². The second-order valence-corrected chi connectivity index (χ2v) is 6.96. The predicted molar refractivity (Wildman–Crippen MR) is 101 cm³/mol. The molecular weight excluding hydrogens is 317 g/mol. The van der Waals surface area contributed by atoms with E-state index in [1.165, 1.54) is 31.9 Å². The maximum Gasteiger partial charge on any atom is 0.165 e. The first kappa shape index (κ1) is 19.4. The van der Waals surface area contributed by atoms with Crippen LogP contribution in [0.1, 0.15) is 46.5 Å². The molecule has 3 N–H and O–H groups in total. The molecule has 5 heteroatoms. The van der Waals surface area contributed by atoms with Gasteiger partial charge in [-0.2, -0.15) is 0 Å². The molecule has 4 nitrogen and oxygen atoms in total. The Morgan fingerprint density at radius 1 is 1.36 bits per heavy atom. The van der Waals surface area contributed by atoms with Gasteiger partial charge >= 0.3 is 0 Å². The first-order valence-corrected chi connectivity index (χ1v) is 9.15. The Bertz CT molecular complexity index is 614. The largest absolute Gasteiger partial charge is 0.498 e. The second kappa shape index (κ2) is 8.45. The molecule has 1 unspecified atom stereocenters. The summed E-state index contributed by atoms with van der Waals surface area (Å²) in [5, 5.41) is 3.21. The number of rotatable bonds is 6. The standard InChI is InChI=1S/C20H32FN3O/c1-6-17-20(22)23-12-18(24(17)4)16(19(21)14(3)25-5)11-10-13(2)15-8-7-9-15/h10-11,15,18,23H,6-9,12,22H2,1-5H3/b13-10+,16-11-,19-14-. The SMILES string of the molecule is CCC1=C(N)NCC(C(=C/C=C(\C)C2CCC2)/C(F)=C(\C)OC)N1C. The average Bonchev–Trinajstić information content (AvgIpc) is 2.54. The van der Waals surface area contributed by atoms with Gasteiger partial charge in [-0.15, -0.1) is 0 Å². The molecule has 0 aromatic rings. The number of halogens is 1. The summed E-state index contributed by atoms with van der Waals surface area (Å²) in [7, 11) is 3.48. The van der Waals surface area contributed by atoms with Gasteiger partial charge in [0.15, 0.2) is 5.83 Å². The molecule has 1 heterocycles. The van der Waals surface area contributed by atoms with Crippen molar-refractivity contribution >= 4 is 0 Å². The minimum Gasteiger partial charge on any atom is -0.498 e. The maximum atomic E-state index is 15.0. The number of nitrogens with zero attached hydrogens (tertiary/aromatic N) is 1. The fourth-order valence-electron chi connectivity index (χ4n) is 3.43. The molecule has 1 atom stereocenters. The molecule has 0 amide bonds. The van der Waals surface area contributed by atoms with E-state index in [0.717, 1.165) is 12.1 Å². The molecule has 1 fully saturated rings. The van der Waals surface area contributed by atoms with Gasteiger partial charge in [-0.3, -0.25) is 0 Å². The van der Waals surface area contributed by atoms with Crippen molar-refractivity contribution in [3.8, 4) is 0 Å². The first-order valence-electron chi connectivity index (χ1n) is 9.15. The highest BCUT2D eigenvalue weighted by Crippen LogP contribution is 2.34. The van der Waals surface area contributed by atoms with Crippen LogP contribution in [-0.4, -0.2) is 31.6 Å². The fraction of sp³-hybridized carbons (Fsp3) is 0.600. The Morgan fingerprint density at radius 3 is 2.56 bits per heavy atom. The number of hydrogen-bond donors (Lipinski definition) is 2. The van der Waals surface area contributed by atoms with Crippen LogP contribution in [-0.2, 0) is 4.74 Å². The molecule has 1 aliphatic carbocycles. The van der Waals surface area contributed by atoms with E-state index in [4.69, 9.17) is 10.5 Å². The van der Waals surface area contributed by atoms with Crippen LogP contribution in [0.4, 0.5) is 4.39 Å². The number of ether oxygens (including phenoxy) is 1. The van der Waals surface area contributed by atoms with Crippen LogP contribution in [0.3, 0.4) is 0 Å². The number of hydrogen-bond acceptors (Lipinski definition) is 4. The summed E-state index contributed by atoms with van der Waals surface area (Å²) in [6, 6.07) is -0.127. The number of likely N-dealkylation sites (N-methyl/N-ethyl adjacent to an activating group) is 1. The van der Waals surface area contributed by atoms with Crippen LogP contribution < -0.4 is 11.1 Å². The highest BCUT2D eigenvalue weighted by Gasteiger charge is 2.29. The van der Waals surface area contributed by atoms with Crippen LogP contribution in [0.2, 0.25) is 0 Å². The molecule has 0 radical (unpaired) electrons. The maximum absolute atomic E-state index is 15.0. The first-order chi connectivity index (χ1) is 11.9. The van der Waals surface area contributed by atoms with E-state index in [2.05, 4.69) is 30.1 Å². The van der Waals surface area contributed by atoms with Crippen molar-refractivity contribution in [2.45, 2.75) is 52.5 Å². The quantitative estimate of drug-likeness (QED) is 0.563. The van der Waals surface area contributed by atoms with E-state index in [1.807, 2.05) is 13.1 Å². The lowest BCUT2D eigenvalue weighted by Gasteiger charge is -2.38. The van der Waals surface area contributed by atoms with E-state index in [9.17, 15) is 0 Å². The van der Waals surface area contributed by atoms with E-state index in [1.54, 1.807) is 6.92 Å². The van der Waals surface area contributed by atoms with Gasteiger partial charge in [-0.25, -0.2) is 4.39 Å². The molecule has 0 bridgehead atoms. The van der Waals surface area contributed by atoms with Gasteiger partial charge < -0.3 is 20.7 Å². The Kier molecular flexibility index (Phi) is 6.57. The minimum absolute atomic E-state index is 0.127. The normalized spacial score (nSPS) is 23.9. The van der Waals surface area contributed by atoms with Crippen LogP contribution in [0.15, 0.2) is 46.4 Å². The van der Waals surface area contributed by atoms with Gasteiger partial charge in [-0.05, 0) is 39.0 Å². The molecule has 1 aliphatic heterocycles. The number of allylic oxidation sites excluding steroid dienone is 5. The number of nitrogens with one attached hydrogen (secondary N) is 1. The van der Waals surface area contributed by atoms with Crippen LogP contribution in [0.25, 0.3) is 0 Å². The van der Waals surface area contributed by atoms with Gasteiger partial charge in [0.1, 0.15) is 11.6 Å². The zero-order valence-electron chi connectivity index (χ0n) is 16.2. The van der Waals surface area contributed by atoms with Gasteiger partial charge in [0.25, 0.3) is 0 Å². The van der Waals surface area contributed by atoms with E-state index < -0.39 is 0 Å². The minimum atomic E-state index is -0.297. The summed E-state index contributed by atoms with van der Waals surface area (Å²) in [5.74, 6) is 1.33. The van der Waals surface area contributed by atoms with Gasteiger partial charge in [0, 0.05) is 19.2 Å². The van der Waals surface area contributed by atoms with Crippen molar-refractivity contribution in [1.82, 2.24) is 10.2 Å². The van der Waals surface area contributed by atoms with Crippen molar-refractivity contribution in [2.24, 2.45) is 11.7 Å². The van der Waals surface area contributed by atoms with Crippen molar-refractivity contribution in [2.75, 3.05) is 20.7 Å². The molecule has 1 saturated carbocycles. The summed E-state index contributed by atoms with van der Waals surface area (Å²) in [4.78, 5) is 2.08. The van der Waals surface area contributed by atoms with Crippen molar-refractivity contribution in [3.63, 3.8) is 0 Å². The molecule has 0 saturated heterocycles. The van der Waals surface area contributed by atoms with Crippen molar-refractivity contribution in [1.29, 1.82) is 0 Å². The zero-order chi connectivity index (χ0) is 18.6.